The van der Waals surface area contributed by atoms with Crippen LogP contribution in [0, 0.1) is 0 Å². The summed E-state index contributed by atoms with van der Waals surface area (Å²) in [6.45, 7) is 4.39. The van der Waals surface area contributed by atoms with E-state index in [0.717, 1.165) is 16.7 Å². The Morgan fingerprint density at radius 2 is 1.80 bits per heavy atom. The minimum absolute atomic E-state index is 0.247. The van der Waals surface area contributed by atoms with Gasteiger partial charge in [-0.25, -0.2) is 9.79 Å². The number of carbonyl (C=O) groups is 1. The van der Waals surface area contributed by atoms with Crippen LogP contribution in [0.3, 0.4) is 0 Å². The Labute approximate surface area is 240 Å². The van der Waals surface area contributed by atoms with Crippen LogP contribution in [0.2, 0.25) is 5.02 Å². The molecular formula is C31H27ClN2O5S. The molecule has 3 aromatic carbocycles. The van der Waals surface area contributed by atoms with E-state index in [1.807, 2.05) is 79.7 Å². The standard InChI is InChI=1S/C31H27ClN2O5S/c1-4-38-25-16-20(14-15-24(25)39-18-22-12-8-9-13-23(22)32)17-26-29(35)34-28(21-10-6-5-7-11-21)27(30(36)37-3)19(2)33-31(34)40-26/h5-17,28H,4,18H2,1-3H3. The lowest BCUT2D eigenvalue weighted by atomic mass is 9.96. The second-order valence-corrected chi connectivity index (χ2v) is 10.4. The molecule has 0 N–H and O–H groups in total. The Morgan fingerprint density at radius 1 is 1.05 bits per heavy atom. The quantitative estimate of drug-likeness (QED) is 0.276. The van der Waals surface area contributed by atoms with Crippen LogP contribution >= 0.6 is 22.9 Å². The summed E-state index contributed by atoms with van der Waals surface area (Å²) in [6.07, 6.45) is 1.80. The summed E-state index contributed by atoms with van der Waals surface area (Å²) < 4.78 is 19.0. The van der Waals surface area contributed by atoms with Gasteiger partial charge < -0.3 is 14.2 Å². The second kappa shape index (κ2) is 11.9. The Hall–Kier alpha value is -4.14. The fourth-order valence-electron chi connectivity index (χ4n) is 4.57. The first-order valence-electron chi connectivity index (χ1n) is 12.7. The van der Waals surface area contributed by atoms with Crippen LogP contribution in [0.5, 0.6) is 11.5 Å². The fourth-order valence-corrected chi connectivity index (χ4v) is 5.80. The predicted octanol–water partition coefficient (Wildman–Crippen LogP) is 5.04. The average molecular weight is 575 g/mol. The van der Waals surface area contributed by atoms with Gasteiger partial charge in [-0.1, -0.05) is 77.5 Å². The Morgan fingerprint density at radius 3 is 2.52 bits per heavy atom. The number of hydrogen-bond donors (Lipinski definition) is 0. The molecule has 1 aromatic heterocycles. The highest BCUT2D eigenvalue weighted by molar-refractivity contribution is 7.07. The summed E-state index contributed by atoms with van der Waals surface area (Å²) >= 11 is 7.54. The van der Waals surface area contributed by atoms with Crippen molar-refractivity contribution in [3.05, 3.63) is 125 Å². The van der Waals surface area contributed by atoms with Gasteiger partial charge >= 0.3 is 5.97 Å². The lowest BCUT2D eigenvalue weighted by molar-refractivity contribution is -0.136. The summed E-state index contributed by atoms with van der Waals surface area (Å²) in [6, 6.07) is 21.8. The number of hydrogen-bond acceptors (Lipinski definition) is 7. The van der Waals surface area contributed by atoms with E-state index in [2.05, 4.69) is 4.99 Å². The molecule has 1 aliphatic heterocycles. The lowest BCUT2D eigenvalue weighted by Crippen LogP contribution is -2.39. The van der Waals surface area contributed by atoms with Crippen molar-refractivity contribution in [1.29, 1.82) is 0 Å². The predicted molar refractivity (Wildman–Crippen MR) is 156 cm³/mol. The van der Waals surface area contributed by atoms with Gasteiger partial charge in [0.25, 0.3) is 5.56 Å². The molecule has 1 unspecified atom stereocenters. The van der Waals surface area contributed by atoms with Gasteiger partial charge in [-0.15, -0.1) is 0 Å². The average Bonchev–Trinajstić information content (AvgIpc) is 3.26. The maximum atomic E-state index is 13.8. The molecule has 7 nitrogen and oxygen atoms in total. The zero-order chi connectivity index (χ0) is 28.2. The van der Waals surface area contributed by atoms with Crippen molar-refractivity contribution in [3.63, 3.8) is 0 Å². The number of thiazole rings is 1. The van der Waals surface area contributed by atoms with Crippen LogP contribution in [0.4, 0.5) is 0 Å². The molecular weight excluding hydrogens is 548 g/mol. The van der Waals surface area contributed by atoms with Crippen LogP contribution in [0.15, 0.2) is 93.9 Å². The maximum absolute atomic E-state index is 13.8. The number of aromatic nitrogens is 1. The van der Waals surface area contributed by atoms with Gasteiger partial charge in [0.05, 0.1) is 35.6 Å². The number of fused-ring (bicyclic) bond motifs is 1. The number of esters is 1. The first kappa shape index (κ1) is 27.4. The highest BCUT2D eigenvalue weighted by Gasteiger charge is 2.32. The molecule has 1 aliphatic rings. The molecule has 2 heterocycles. The van der Waals surface area contributed by atoms with Crippen molar-refractivity contribution in [3.8, 4) is 11.5 Å². The zero-order valence-electron chi connectivity index (χ0n) is 22.2. The van der Waals surface area contributed by atoms with E-state index in [9.17, 15) is 9.59 Å². The van der Waals surface area contributed by atoms with E-state index in [0.29, 0.717) is 50.3 Å². The van der Waals surface area contributed by atoms with E-state index < -0.39 is 12.0 Å². The van der Waals surface area contributed by atoms with E-state index in [-0.39, 0.29) is 5.56 Å². The van der Waals surface area contributed by atoms with Gasteiger partial charge in [0.2, 0.25) is 0 Å². The first-order valence-corrected chi connectivity index (χ1v) is 13.9. The molecule has 4 aromatic rings. The van der Waals surface area contributed by atoms with Crippen LogP contribution in [-0.4, -0.2) is 24.3 Å². The number of allylic oxidation sites excluding steroid dienone is 1. The van der Waals surface area contributed by atoms with Crippen molar-refractivity contribution in [2.75, 3.05) is 13.7 Å². The number of ether oxygens (including phenoxy) is 3. The van der Waals surface area contributed by atoms with Crippen LogP contribution in [0.1, 0.15) is 36.6 Å². The van der Waals surface area contributed by atoms with Gasteiger partial charge in [-0.2, -0.15) is 0 Å². The Bertz CT molecular complexity index is 1780. The number of methoxy groups -OCH3 is 1. The summed E-state index contributed by atoms with van der Waals surface area (Å²) in [5.41, 5.74) is 3.04. The maximum Gasteiger partial charge on any atom is 0.338 e. The highest BCUT2D eigenvalue weighted by atomic mass is 35.5. The molecule has 0 saturated heterocycles. The van der Waals surface area contributed by atoms with Crippen molar-refractivity contribution >= 4 is 35.0 Å². The number of rotatable bonds is 8. The fraction of sp³-hybridized carbons (Fsp3) is 0.194. The Balaban J connectivity index is 1.55. The highest BCUT2D eigenvalue weighted by Crippen LogP contribution is 2.32. The SMILES string of the molecule is CCOc1cc(C=c2sc3n(c2=O)C(c2ccccc2)C(C(=O)OC)=C(C)N=3)ccc1OCc1ccccc1Cl. The van der Waals surface area contributed by atoms with Crippen LogP contribution in [-0.2, 0) is 16.1 Å². The second-order valence-electron chi connectivity index (χ2n) is 9.00. The van der Waals surface area contributed by atoms with Crippen LogP contribution in [0.25, 0.3) is 6.08 Å². The number of nitrogens with zero attached hydrogens (tertiary/aromatic N) is 2. The summed E-state index contributed by atoms with van der Waals surface area (Å²) in [4.78, 5) is 31.7. The molecule has 0 amide bonds. The lowest BCUT2D eigenvalue weighted by Gasteiger charge is -2.24. The minimum Gasteiger partial charge on any atom is -0.490 e. The molecule has 0 saturated carbocycles. The number of carbonyl (C=O) groups excluding carboxylic acids is 1. The van der Waals surface area contributed by atoms with Crippen molar-refractivity contribution in [1.82, 2.24) is 4.57 Å². The monoisotopic (exact) mass is 574 g/mol. The molecule has 5 rings (SSSR count). The molecule has 1 atom stereocenters. The van der Waals surface area contributed by atoms with E-state index >= 15 is 0 Å². The molecule has 0 radical (unpaired) electrons. The molecule has 0 fully saturated rings. The molecule has 0 spiro atoms. The third kappa shape index (κ3) is 5.46. The minimum atomic E-state index is -0.647. The van der Waals surface area contributed by atoms with Crippen molar-refractivity contribution in [2.45, 2.75) is 26.5 Å². The third-order valence-corrected chi connectivity index (χ3v) is 7.80. The van der Waals surface area contributed by atoms with Gasteiger partial charge in [0, 0.05) is 10.6 Å². The molecule has 204 valence electrons. The Kier molecular flexibility index (Phi) is 8.19. The van der Waals surface area contributed by atoms with Gasteiger partial charge in [-0.3, -0.25) is 9.36 Å². The smallest absolute Gasteiger partial charge is 0.338 e. The van der Waals surface area contributed by atoms with Crippen molar-refractivity contribution in [2.24, 2.45) is 4.99 Å². The van der Waals surface area contributed by atoms with Crippen molar-refractivity contribution < 1.29 is 19.0 Å². The third-order valence-electron chi connectivity index (χ3n) is 6.45. The molecule has 9 heteroatoms. The van der Waals surface area contributed by atoms with Gasteiger partial charge in [0.15, 0.2) is 16.3 Å². The first-order chi connectivity index (χ1) is 19.4. The molecule has 0 aliphatic carbocycles. The largest absolute Gasteiger partial charge is 0.490 e. The molecule has 40 heavy (non-hydrogen) atoms. The zero-order valence-corrected chi connectivity index (χ0v) is 23.8. The van der Waals surface area contributed by atoms with Crippen LogP contribution < -0.4 is 24.4 Å². The normalized spacial score (nSPS) is 14.9. The summed E-state index contributed by atoms with van der Waals surface area (Å²) in [5, 5.41) is 0.631. The topological polar surface area (TPSA) is 79.1 Å². The number of benzene rings is 3. The van der Waals surface area contributed by atoms with Gasteiger partial charge in [0.1, 0.15) is 6.61 Å². The number of halogens is 1. The van der Waals surface area contributed by atoms with E-state index in [1.54, 1.807) is 17.6 Å². The van der Waals surface area contributed by atoms with E-state index in [4.69, 9.17) is 25.8 Å². The van der Waals surface area contributed by atoms with Gasteiger partial charge in [-0.05, 0) is 49.2 Å². The molecule has 0 bridgehead atoms. The summed E-state index contributed by atoms with van der Waals surface area (Å²) in [5.74, 6) is 0.614. The summed E-state index contributed by atoms with van der Waals surface area (Å²) in [7, 11) is 1.33. The van der Waals surface area contributed by atoms with E-state index in [1.165, 1.54) is 18.4 Å².